The third-order valence-corrected chi connectivity index (χ3v) is 3.73. The van der Waals surface area contributed by atoms with E-state index in [1.807, 2.05) is 50.2 Å². The summed E-state index contributed by atoms with van der Waals surface area (Å²) < 4.78 is 0.921. The summed E-state index contributed by atoms with van der Waals surface area (Å²) in [5, 5.41) is 2.80. The molecule has 1 N–H and O–H groups in total. The van der Waals surface area contributed by atoms with E-state index in [1.54, 1.807) is 12.1 Å². The summed E-state index contributed by atoms with van der Waals surface area (Å²) in [6.45, 7) is 1.88. The van der Waals surface area contributed by atoms with Gasteiger partial charge in [0.2, 0.25) is 0 Å². The van der Waals surface area contributed by atoms with Crippen LogP contribution in [0.1, 0.15) is 16.1 Å². The Morgan fingerprint density at radius 2 is 2.00 bits per heavy atom. The first-order chi connectivity index (χ1) is 9.47. The van der Waals surface area contributed by atoms with Gasteiger partial charge in [0.05, 0.1) is 5.69 Å². The average Bonchev–Trinajstić information content (AvgIpc) is 2.43. The minimum atomic E-state index is -0.164. The second-order valence-electron chi connectivity index (χ2n) is 4.66. The highest BCUT2D eigenvalue weighted by atomic mass is 79.9. The molecule has 5 heteroatoms. The fraction of sp³-hybridized carbons (Fsp3) is 0.200. The number of hydrogen-bond donors (Lipinski definition) is 1. The lowest BCUT2D eigenvalue weighted by molar-refractivity contribution is 0.102. The van der Waals surface area contributed by atoms with Crippen molar-refractivity contribution in [3.63, 3.8) is 0 Å². The maximum Gasteiger partial charge on any atom is 0.256 e. The molecule has 0 saturated heterocycles. The van der Waals surface area contributed by atoms with Crippen LogP contribution < -0.4 is 10.2 Å². The van der Waals surface area contributed by atoms with E-state index in [0.717, 1.165) is 15.9 Å². The van der Waals surface area contributed by atoms with Gasteiger partial charge in [-0.25, -0.2) is 4.98 Å². The minimum Gasteiger partial charge on any atom is -0.378 e. The molecule has 0 aliphatic heterocycles. The van der Waals surface area contributed by atoms with Gasteiger partial charge in [-0.15, -0.1) is 0 Å². The fourth-order valence-corrected chi connectivity index (χ4v) is 1.95. The molecule has 2 aromatic rings. The number of nitrogens with one attached hydrogen (secondary N) is 1. The maximum atomic E-state index is 12.2. The van der Waals surface area contributed by atoms with E-state index < -0.39 is 0 Å². The van der Waals surface area contributed by atoms with Gasteiger partial charge >= 0.3 is 0 Å². The number of benzene rings is 1. The van der Waals surface area contributed by atoms with E-state index in [0.29, 0.717) is 11.4 Å². The van der Waals surface area contributed by atoms with Crippen LogP contribution in [0.2, 0.25) is 0 Å². The highest BCUT2D eigenvalue weighted by molar-refractivity contribution is 9.10. The summed E-state index contributed by atoms with van der Waals surface area (Å²) in [7, 11) is 3.88. The van der Waals surface area contributed by atoms with Gasteiger partial charge in [-0.3, -0.25) is 4.79 Å². The smallest absolute Gasteiger partial charge is 0.256 e. The zero-order chi connectivity index (χ0) is 14.7. The standard InChI is InChI=1S/C15H16BrN3O/c1-10-13(16)7-8-14(17-10)18-15(20)11-5-4-6-12(9-11)19(2)3/h4-9H,1-3H3,(H,17,18,20). The molecule has 2 rings (SSSR count). The van der Waals surface area contributed by atoms with Crippen LogP contribution in [0, 0.1) is 6.92 Å². The molecule has 0 saturated carbocycles. The number of amides is 1. The van der Waals surface area contributed by atoms with E-state index in [9.17, 15) is 4.79 Å². The molecule has 1 aromatic carbocycles. The van der Waals surface area contributed by atoms with Gasteiger partial charge in [0.1, 0.15) is 5.82 Å². The van der Waals surface area contributed by atoms with Crippen molar-refractivity contribution in [2.75, 3.05) is 24.3 Å². The normalized spacial score (nSPS) is 10.2. The molecule has 0 radical (unpaired) electrons. The SMILES string of the molecule is Cc1nc(NC(=O)c2cccc(N(C)C)c2)ccc1Br. The van der Waals surface area contributed by atoms with Gasteiger partial charge in [0, 0.05) is 29.8 Å². The number of nitrogens with zero attached hydrogens (tertiary/aromatic N) is 2. The predicted octanol–water partition coefficient (Wildman–Crippen LogP) is 3.47. The van der Waals surface area contributed by atoms with E-state index in [2.05, 4.69) is 26.2 Å². The van der Waals surface area contributed by atoms with Crippen molar-refractivity contribution in [3.8, 4) is 0 Å². The zero-order valence-electron chi connectivity index (χ0n) is 11.6. The van der Waals surface area contributed by atoms with E-state index in [1.165, 1.54) is 0 Å². The van der Waals surface area contributed by atoms with Crippen molar-refractivity contribution in [3.05, 3.63) is 52.1 Å². The summed E-state index contributed by atoms with van der Waals surface area (Å²) in [5.41, 5.74) is 2.43. The van der Waals surface area contributed by atoms with Gasteiger partial charge in [0.25, 0.3) is 5.91 Å². The summed E-state index contributed by atoms with van der Waals surface area (Å²) >= 11 is 3.39. The lowest BCUT2D eigenvalue weighted by Gasteiger charge is -2.13. The Labute approximate surface area is 127 Å². The summed E-state index contributed by atoms with van der Waals surface area (Å²) in [6, 6.07) is 11.1. The topological polar surface area (TPSA) is 45.2 Å². The van der Waals surface area contributed by atoms with Crippen LogP contribution in [0.25, 0.3) is 0 Å². The van der Waals surface area contributed by atoms with Gasteiger partial charge in [-0.1, -0.05) is 6.07 Å². The van der Waals surface area contributed by atoms with E-state index in [-0.39, 0.29) is 5.91 Å². The molecule has 0 bridgehead atoms. The number of carbonyl (C=O) groups is 1. The summed E-state index contributed by atoms with van der Waals surface area (Å²) in [5.74, 6) is 0.383. The van der Waals surface area contributed by atoms with Crippen molar-refractivity contribution < 1.29 is 4.79 Å². The molecule has 1 amide bonds. The number of rotatable bonds is 3. The van der Waals surface area contributed by atoms with Gasteiger partial charge in [0.15, 0.2) is 0 Å². The summed E-state index contributed by atoms with van der Waals surface area (Å²) in [6.07, 6.45) is 0. The molecule has 0 spiro atoms. The molecule has 4 nitrogen and oxygen atoms in total. The largest absolute Gasteiger partial charge is 0.378 e. The van der Waals surface area contributed by atoms with Gasteiger partial charge in [-0.05, 0) is 53.2 Å². The summed E-state index contributed by atoms with van der Waals surface area (Å²) in [4.78, 5) is 18.5. The van der Waals surface area contributed by atoms with Crippen molar-refractivity contribution >= 4 is 33.3 Å². The van der Waals surface area contributed by atoms with Crippen LogP contribution in [-0.2, 0) is 0 Å². The Hall–Kier alpha value is -1.88. The molecule has 0 fully saturated rings. The molecule has 0 aliphatic rings. The molecule has 20 heavy (non-hydrogen) atoms. The van der Waals surface area contributed by atoms with Crippen LogP contribution in [0.4, 0.5) is 11.5 Å². The molecular weight excluding hydrogens is 318 g/mol. The Bertz CT molecular complexity index is 641. The van der Waals surface area contributed by atoms with Crippen LogP contribution in [0.3, 0.4) is 0 Å². The minimum absolute atomic E-state index is 0.164. The second kappa shape index (κ2) is 6.05. The third-order valence-electron chi connectivity index (χ3n) is 2.89. The molecular formula is C15H16BrN3O. The van der Waals surface area contributed by atoms with Crippen molar-refractivity contribution in [2.45, 2.75) is 6.92 Å². The number of carbonyl (C=O) groups excluding carboxylic acids is 1. The van der Waals surface area contributed by atoms with Crippen LogP contribution >= 0.6 is 15.9 Å². The van der Waals surface area contributed by atoms with Crippen molar-refractivity contribution in [1.82, 2.24) is 4.98 Å². The monoisotopic (exact) mass is 333 g/mol. The van der Waals surface area contributed by atoms with Crippen LogP contribution in [0.5, 0.6) is 0 Å². The Morgan fingerprint density at radius 3 is 2.65 bits per heavy atom. The number of pyridine rings is 1. The highest BCUT2D eigenvalue weighted by Crippen LogP contribution is 2.18. The second-order valence-corrected chi connectivity index (χ2v) is 5.52. The van der Waals surface area contributed by atoms with Crippen molar-refractivity contribution in [2.24, 2.45) is 0 Å². The number of hydrogen-bond acceptors (Lipinski definition) is 3. The first-order valence-electron chi connectivity index (χ1n) is 6.19. The predicted molar refractivity (Wildman–Crippen MR) is 85.4 cm³/mol. The third kappa shape index (κ3) is 3.36. The molecule has 0 aliphatic carbocycles. The maximum absolute atomic E-state index is 12.2. The quantitative estimate of drug-likeness (QED) is 0.935. The Balaban J connectivity index is 2.19. The molecule has 104 valence electrons. The first-order valence-corrected chi connectivity index (χ1v) is 6.98. The van der Waals surface area contributed by atoms with E-state index >= 15 is 0 Å². The van der Waals surface area contributed by atoms with Gasteiger partial charge in [-0.2, -0.15) is 0 Å². The lowest BCUT2D eigenvalue weighted by Crippen LogP contribution is -2.15. The molecule has 1 heterocycles. The zero-order valence-corrected chi connectivity index (χ0v) is 13.2. The van der Waals surface area contributed by atoms with Crippen LogP contribution in [-0.4, -0.2) is 25.0 Å². The first kappa shape index (κ1) is 14.5. The van der Waals surface area contributed by atoms with Crippen LogP contribution in [0.15, 0.2) is 40.9 Å². The lowest BCUT2D eigenvalue weighted by atomic mass is 10.2. The molecule has 1 aromatic heterocycles. The average molecular weight is 334 g/mol. The Kier molecular flexibility index (Phi) is 4.39. The number of halogens is 1. The van der Waals surface area contributed by atoms with E-state index in [4.69, 9.17) is 0 Å². The van der Waals surface area contributed by atoms with Crippen molar-refractivity contribution in [1.29, 1.82) is 0 Å². The molecule has 0 atom stereocenters. The fourth-order valence-electron chi connectivity index (χ4n) is 1.73. The number of anilines is 2. The molecule has 0 unspecified atom stereocenters. The number of aromatic nitrogens is 1. The number of aryl methyl sites for hydroxylation is 1. The highest BCUT2D eigenvalue weighted by Gasteiger charge is 2.09. The Morgan fingerprint density at radius 1 is 1.25 bits per heavy atom. The van der Waals surface area contributed by atoms with Gasteiger partial charge < -0.3 is 10.2 Å².